The Balaban J connectivity index is 1.74. The van der Waals surface area contributed by atoms with Crippen LogP contribution in [0.2, 0.25) is 0 Å². The van der Waals surface area contributed by atoms with Crippen LogP contribution in [-0.4, -0.2) is 60.3 Å². The molecule has 164 valence electrons. The van der Waals surface area contributed by atoms with E-state index in [1.165, 1.54) is 9.88 Å². The van der Waals surface area contributed by atoms with Crippen LogP contribution < -0.4 is 10.6 Å². The molecular formula is C21H37N5O2S. The number of carbonyl (C=O) groups is 1. The van der Waals surface area contributed by atoms with Crippen molar-refractivity contribution in [1.29, 1.82) is 0 Å². The standard InChI is InChI=1S/C21H37N5O2S/c1-6-17-15-24-18(29-17)8-11-23-19(22-7-2)25-14-16-9-12-26(13-10-16)20(27)28-21(3,4)5/h15-16H,6-14H2,1-5H3,(H2,22,23,25). The first kappa shape index (κ1) is 23.4. The molecule has 8 heteroatoms. The highest BCUT2D eigenvalue weighted by Gasteiger charge is 2.26. The van der Waals surface area contributed by atoms with Crippen LogP contribution in [-0.2, 0) is 17.6 Å². The third-order valence-electron chi connectivity index (χ3n) is 4.70. The van der Waals surface area contributed by atoms with Crippen molar-refractivity contribution in [3.8, 4) is 0 Å². The number of guanidine groups is 1. The lowest BCUT2D eigenvalue weighted by Crippen LogP contribution is -2.42. The van der Waals surface area contributed by atoms with Crippen LogP contribution in [0.25, 0.3) is 0 Å². The topological polar surface area (TPSA) is 78.9 Å². The molecule has 2 heterocycles. The van der Waals surface area contributed by atoms with Gasteiger partial charge in [-0.1, -0.05) is 6.92 Å². The molecule has 0 unspecified atom stereocenters. The molecular weight excluding hydrogens is 386 g/mol. The van der Waals surface area contributed by atoms with E-state index < -0.39 is 5.60 Å². The fraction of sp³-hybridized carbons (Fsp3) is 0.762. The highest BCUT2D eigenvalue weighted by Crippen LogP contribution is 2.20. The van der Waals surface area contributed by atoms with Gasteiger partial charge in [-0.3, -0.25) is 4.99 Å². The lowest BCUT2D eigenvalue weighted by molar-refractivity contribution is 0.0187. The molecule has 1 fully saturated rings. The maximum atomic E-state index is 12.2. The van der Waals surface area contributed by atoms with E-state index in [1.807, 2.05) is 31.9 Å². The lowest BCUT2D eigenvalue weighted by atomic mass is 9.97. The predicted octanol–water partition coefficient (Wildman–Crippen LogP) is 3.45. The highest BCUT2D eigenvalue weighted by molar-refractivity contribution is 7.11. The Kier molecular flexibility index (Phi) is 9.20. The van der Waals surface area contributed by atoms with E-state index in [2.05, 4.69) is 29.5 Å². The lowest BCUT2D eigenvalue weighted by Gasteiger charge is -2.33. The van der Waals surface area contributed by atoms with Gasteiger partial charge in [0.05, 0.1) is 5.01 Å². The Morgan fingerprint density at radius 1 is 1.31 bits per heavy atom. The van der Waals surface area contributed by atoms with E-state index in [0.717, 1.165) is 64.4 Å². The number of likely N-dealkylation sites (tertiary alicyclic amines) is 1. The number of nitrogens with zero attached hydrogens (tertiary/aromatic N) is 3. The minimum absolute atomic E-state index is 0.206. The molecule has 0 radical (unpaired) electrons. The number of thiazole rings is 1. The summed E-state index contributed by atoms with van der Waals surface area (Å²) >= 11 is 1.79. The number of rotatable bonds is 7. The van der Waals surface area contributed by atoms with Gasteiger partial charge in [0, 0.05) is 50.2 Å². The first-order valence-electron chi connectivity index (χ1n) is 10.7. The van der Waals surface area contributed by atoms with Crippen LogP contribution in [0, 0.1) is 5.92 Å². The van der Waals surface area contributed by atoms with Crippen LogP contribution in [0.3, 0.4) is 0 Å². The highest BCUT2D eigenvalue weighted by atomic mass is 32.1. The van der Waals surface area contributed by atoms with Gasteiger partial charge in [-0.15, -0.1) is 11.3 Å². The van der Waals surface area contributed by atoms with Crippen LogP contribution in [0.1, 0.15) is 57.3 Å². The van der Waals surface area contributed by atoms with Gasteiger partial charge in [-0.25, -0.2) is 9.78 Å². The largest absolute Gasteiger partial charge is 0.444 e. The third kappa shape index (κ3) is 8.60. The zero-order chi connectivity index (χ0) is 21.3. The number of aryl methyl sites for hydroxylation is 1. The van der Waals surface area contributed by atoms with Crippen molar-refractivity contribution in [2.45, 2.75) is 65.9 Å². The Morgan fingerprint density at radius 3 is 2.62 bits per heavy atom. The minimum atomic E-state index is -0.443. The van der Waals surface area contributed by atoms with Crippen molar-refractivity contribution in [1.82, 2.24) is 20.5 Å². The number of carbonyl (C=O) groups excluding carboxylic acids is 1. The smallest absolute Gasteiger partial charge is 0.410 e. The number of aliphatic imine (C=N–C) groups is 1. The first-order chi connectivity index (χ1) is 13.8. The molecule has 2 rings (SSSR count). The molecule has 7 nitrogen and oxygen atoms in total. The van der Waals surface area contributed by atoms with E-state index in [9.17, 15) is 4.79 Å². The minimum Gasteiger partial charge on any atom is -0.444 e. The number of ether oxygens (including phenoxy) is 1. The Hall–Kier alpha value is -1.83. The zero-order valence-electron chi connectivity index (χ0n) is 18.6. The Labute approximate surface area is 179 Å². The van der Waals surface area contributed by atoms with Gasteiger partial charge in [0.25, 0.3) is 0 Å². The SMILES string of the molecule is CCNC(=NCC1CCN(C(=O)OC(C)(C)C)CC1)NCCc1ncc(CC)s1. The van der Waals surface area contributed by atoms with E-state index in [4.69, 9.17) is 9.73 Å². The predicted molar refractivity (Wildman–Crippen MR) is 120 cm³/mol. The number of hydrogen-bond acceptors (Lipinski definition) is 5. The molecule has 0 spiro atoms. The fourth-order valence-corrected chi connectivity index (χ4v) is 3.96. The van der Waals surface area contributed by atoms with Gasteiger partial charge in [0.2, 0.25) is 0 Å². The van der Waals surface area contributed by atoms with Crippen molar-refractivity contribution in [2.75, 3.05) is 32.7 Å². The molecule has 0 atom stereocenters. The maximum Gasteiger partial charge on any atom is 0.410 e. The molecule has 1 aliphatic heterocycles. The van der Waals surface area contributed by atoms with E-state index in [-0.39, 0.29) is 6.09 Å². The summed E-state index contributed by atoms with van der Waals surface area (Å²) in [5.74, 6) is 1.35. The number of piperidine rings is 1. The van der Waals surface area contributed by atoms with Crippen molar-refractivity contribution < 1.29 is 9.53 Å². The summed E-state index contributed by atoms with van der Waals surface area (Å²) < 4.78 is 5.47. The fourth-order valence-electron chi connectivity index (χ4n) is 3.10. The second kappa shape index (κ2) is 11.4. The monoisotopic (exact) mass is 423 g/mol. The van der Waals surface area contributed by atoms with Gasteiger partial charge in [0.1, 0.15) is 5.60 Å². The summed E-state index contributed by atoms with van der Waals surface area (Å²) in [6.45, 7) is 13.8. The molecule has 1 aromatic heterocycles. The average molecular weight is 424 g/mol. The molecule has 1 aliphatic rings. The molecule has 0 bridgehead atoms. The number of nitrogens with one attached hydrogen (secondary N) is 2. The van der Waals surface area contributed by atoms with Gasteiger partial charge in [-0.2, -0.15) is 0 Å². The molecule has 0 saturated carbocycles. The second-order valence-corrected chi connectivity index (χ2v) is 9.58. The van der Waals surface area contributed by atoms with Crippen molar-refractivity contribution >= 4 is 23.4 Å². The zero-order valence-corrected chi connectivity index (χ0v) is 19.4. The Morgan fingerprint density at radius 2 is 2.03 bits per heavy atom. The van der Waals surface area contributed by atoms with Gasteiger partial charge in [0.15, 0.2) is 5.96 Å². The van der Waals surface area contributed by atoms with Crippen molar-refractivity contribution in [3.05, 3.63) is 16.1 Å². The number of aromatic nitrogens is 1. The van der Waals surface area contributed by atoms with Crippen LogP contribution >= 0.6 is 11.3 Å². The second-order valence-electron chi connectivity index (χ2n) is 8.38. The molecule has 2 N–H and O–H groups in total. The number of amides is 1. The summed E-state index contributed by atoms with van der Waals surface area (Å²) in [7, 11) is 0. The quantitative estimate of drug-likeness (QED) is 0.519. The summed E-state index contributed by atoms with van der Waals surface area (Å²) in [6, 6.07) is 0. The van der Waals surface area contributed by atoms with Crippen LogP contribution in [0.4, 0.5) is 4.79 Å². The van der Waals surface area contributed by atoms with E-state index in [0.29, 0.717) is 5.92 Å². The van der Waals surface area contributed by atoms with Gasteiger partial charge >= 0.3 is 6.09 Å². The summed E-state index contributed by atoms with van der Waals surface area (Å²) in [6.07, 6.45) is 5.64. The van der Waals surface area contributed by atoms with Crippen molar-refractivity contribution in [3.63, 3.8) is 0 Å². The van der Waals surface area contributed by atoms with Crippen LogP contribution in [0.15, 0.2) is 11.2 Å². The molecule has 0 aliphatic carbocycles. The normalized spacial score (nSPS) is 16.0. The maximum absolute atomic E-state index is 12.2. The molecule has 0 aromatic carbocycles. The summed E-state index contributed by atoms with van der Waals surface area (Å²) in [4.78, 5) is 24.6. The van der Waals surface area contributed by atoms with Crippen LogP contribution in [0.5, 0.6) is 0 Å². The molecule has 1 amide bonds. The molecule has 29 heavy (non-hydrogen) atoms. The van der Waals surface area contributed by atoms with Crippen molar-refractivity contribution in [2.24, 2.45) is 10.9 Å². The van der Waals surface area contributed by atoms with Gasteiger partial charge in [-0.05, 0) is 52.9 Å². The molecule has 1 aromatic rings. The average Bonchev–Trinajstić information content (AvgIpc) is 3.13. The molecule has 1 saturated heterocycles. The van der Waals surface area contributed by atoms with E-state index >= 15 is 0 Å². The third-order valence-corrected chi connectivity index (χ3v) is 5.90. The summed E-state index contributed by atoms with van der Waals surface area (Å²) in [5.41, 5.74) is -0.443. The number of hydrogen-bond donors (Lipinski definition) is 2. The van der Waals surface area contributed by atoms with Gasteiger partial charge < -0.3 is 20.3 Å². The van der Waals surface area contributed by atoms with E-state index in [1.54, 1.807) is 11.3 Å². The Bertz CT molecular complexity index is 660. The first-order valence-corrected chi connectivity index (χ1v) is 11.6. The summed E-state index contributed by atoms with van der Waals surface area (Å²) in [5, 5.41) is 7.89.